The van der Waals surface area contributed by atoms with E-state index >= 15 is 0 Å². The molecular weight excluding hydrogens is 166 g/mol. The van der Waals surface area contributed by atoms with Crippen molar-refractivity contribution in [1.82, 2.24) is 4.90 Å². The molecule has 0 fully saturated rings. The number of amides is 1. The van der Waals surface area contributed by atoms with Crippen LogP contribution in [0.25, 0.3) is 0 Å². The van der Waals surface area contributed by atoms with E-state index in [4.69, 9.17) is 11.5 Å². The van der Waals surface area contributed by atoms with E-state index in [1.165, 1.54) is 0 Å². The number of rotatable bonds is 6. The third kappa shape index (κ3) is 5.60. The number of carbonyl (C=O) groups excluding carboxylic acids is 1. The molecule has 0 heterocycles. The maximum atomic E-state index is 10.7. The number of likely N-dealkylation sites (N-methyl/N-ethyl adjacent to an activating group) is 1. The molecule has 4 N–H and O–H groups in total. The molecule has 0 radical (unpaired) electrons. The van der Waals surface area contributed by atoms with Gasteiger partial charge in [-0.15, -0.1) is 0 Å². The first-order chi connectivity index (χ1) is 5.91. The average molecular weight is 187 g/mol. The molecular formula is C9H21N3O. The van der Waals surface area contributed by atoms with Gasteiger partial charge in [0.05, 0.1) is 6.54 Å². The summed E-state index contributed by atoms with van der Waals surface area (Å²) < 4.78 is 0. The molecule has 0 aliphatic rings. The van der Waals surface area contributed by atoms with Crippen molar-refractivity contribution in [1.29, 1.82) is 0 Å². The minimum Gasteiger partial charge on any atom is -0.369 e. The van der Waals surface area contributed by atoms with Crippen LogP contribution in [0.15, 0.2) is 0 Å². The molecule has 0 aromatic rings. The molecule has 0 unspecified atom stereocenters. The molecule has 0 aliphatic carbocycles. The van der Waals surface area contributed by atoms with Crippen LogP contribution in [0.2, 0.25) is 0 Å². The molecule has 0 bridgehead atoms. The van der Waals surface area contributed by atoms with Crippen molar-refractivity contribution < 1.29 is 4.79 Å². The fraction of sp³-hybridized carbons (Fsp3) is 0.889. The topological polar surface area (TPSA) is 72.3 Å². The largest absolute Gasteiger partial charge is 0.369 e. The minimum absolute atomic E-state index is 0.0471. The molecule has 13 heavy (non-hydrogen) atoms. The molecule has 0 atom stereocenters. The van der Waals surface area contributed by atoms with E-state index < -0.39 is 0 Å². The van der Waals surface area contributed by atoms with Crippen LogP contribution in [0.3, 0.4) is 0 Å². The van der Waals surface area contributed by atoms with Gasteiger partial charge in [-0.25, -0.2) is 0 Å². The van der Waals surface area contributed by atoms with Crippen molar-refractivity contribution >= 4 is 5.91 Å². The van der Waals surface area contributed by atoms with Gasteiger partial charge in [0.1, 0.15) is 0 Å². The van der Waals surface area contributed by atoms with E-state index in [1.54, 1.807) is 0 Å². The minimum atomic E-state index is -0.283. The molecule has 0 saturated carbocycles. The van der Waals surface area contributed by atoms with Crippen LogP contribution in [0.4, 0.5) is 0 Å². The molecule has 0 rings (SSSR count). The highest BCUT2D eigenvalue weighted by Crippen LogP contribution is 2.14. The van der Waals surface area contributed by atoms with E-state index in [9.17, 15) is 4.79 Å². The highest BCUT2D eigenvalue weighted by molar-refractivity contribution is 5.75. The van der Waals surface area contributed by atoms with Crippen LogP contribution < -0.4 is 11.5 Å². The summed E-state index contributed by atoms with van der Waals surface area (Å²) in [5.74, 6) is -0.283. The Morgan fingerprint density at radius 1 is 1.46 bits per heavy atom. The maximum absolute atomic E-state index is 10.7. The van der Waals surface area contributed by atoms with Crippen molar-refractivity contribution in [2.24, 2.45) is 16.9 Å². The van der Waals surface area contributed by atoms with E-state index in [2.05, 4.69) is 13.8 Å². The van der Waals surface area contributed by atoms with E-state index in [0.29, 0.717) is 13.1 Å². The Morgan fingerprint density at radius 2 is 2.00 bits per heavy atom. The summed E-state index contributed by atoms with van der Waals surface area (Å²) in [6.07, 6.45) is 0. The lowest BCUT2D eigenvalue weighted by Gasteiger charge is -2.30. The van der Waals surface area contributed by atoms with Gasteiger partial charge in [-0.1, -0.05) is 20.8 Å². The lowest BCUT2D eigenvalue weighted by atomic mass is 9.93. The summed E-state index contributed by atoms with van der Waals surface area (Å²) in [4.78, 5) is 12.7. The van der Waals surface area contributed by atoms with Crippen LogP contribution in [-0.4, -0.2) is 37.0 Å². The smallest absolute Gasteiger partial charge is 0.231 e. The van der Waals surface area contributed by atoms with E-state index in [1.807, 2.05) is 11.8 Å². The molecule has 4 nitrogen and oxygen atoms in total. The Hall–Kier alpha value is -0.610. The van der Waals surface area contributed by atoms with Gasteiger partial charge in [0.15, 0.2) is 0 Å². The van der Waals surface area contributed by atoms with Gasteiger partial charge in [0.2, 0.25) is 5.91 Å². The highest BCUT2D eigenvalue weighted by Gasteiger charge is 2.19. The van der Waals surface area contributed by atoms with Crippen LogP contribution in [0.1, 0.15) is 20.8 Å². The van der Waals surface area contributed by atoms with E-state index in [-0.39, 0.29) is 11.3 Å². The summed E-state index contributed by atoms with van der Waals surface area (Å²) in [5.41, 5.74) is 10.8. The summed E-state index contributed by atoms with van der Waals surface area (Å²) >= 11 is 0. The summed E-state index contributed by atoms with van der Waals surface area (Å²) in [7, 11) is 0. The molecule has 0 spiro atoms. The normalized spacial score (nSPS) is 12.1. The lowest BCUT2D eigenvalue weighted by Crippen LogP contribution is -2.42. The van der Waals surface area contributed by atoms with Gasteiger partial charge in [-0.3, -0.25) is 9.69 Å². The van der Waals surface area contributed by atoms with Crippen molar-refractivity contribution in [3.05, 3.63) is 0 Å². The standard InChI is InChI=1S/C9H21N3O/c1-4-12(5-8(11)13)7-9(2,3)6-10/h4-7,10H2,1-3H3,(H2,11,13). The van der Waals surface area contributed by atoms with Crippen LogP contribution in [0, 0.1) is 5.41 Å². The van der Waals surface area contributed by atoms with Crippen molar-refractivity contribution in [2.45, 2.75) is 20.8 Å². The number of carbonyl (C=O) groups is 1. The first kappa shape index (κ1) is 12.4. The van der Waals surface area contributed by atoms with Gasteiger partial charge in [0, 0.05) is 6.54 Å². The summed E-state index contributed by atoms with van der Waals surface area (Å²) in [5, 5.41) is 0. The predicted molar refractivity (Wildman–Crippen MR) is 54.1 cm³/mol. The van der Waals surface area contributed by atoms with Crippen molar-refractivity contribution in [2.75, 3.05) is 26.2 Å². The third-order valence-corrected chi connectivity index (χ3v) is 2.03. The third-order valence-electron chi connectivity index (χ3n) is 2.03. The quantitative estimate of drug-likeness (QED) is 0.604. The second kappa shape index (κ2) is 5.19. The second-order valence-corrected chi connectivity index (χ2v) is 4.14. The zero-order chi connectivity index (χ0) is 10.5. The number of nitrogens with zero attached hydrogens (tertiary/aromatic N) is 1. The van der Waals surface area contributed by atoms with Crippen molar-refractivity contribution in [3.63, 3.8) is 0 Å². The van der Waals surface area contributed by atoms with Crippen LogP contribution >= 0.6 is 0 Å². The molecule has 4 heteroatoms. The van der Waals surface area contributed by atoms with Gasteiger partial charge in [-0.05, 0) is 18.5 Å². The molecule has 1 amide bonds. The highest BCUT2D eigenvalue weighted by atomic mass is 16.1. The number of primary amides is 1. The fourth-order valence-corrected chi connectivity index (χ4v) is 1.17. The number of hydrogen-bond acceptors (Lipinski definition) is 3. The van der Waals surface area contributed by atoms with Gasteiger partial charge in [-0.2, -0.15) is 0 Å². The Balaban J connectivity index is 4.04. The van der Waals surface area contributed by atoms with Crippen LogP contribution in [0.5, 0.6) is 0 Å². The monoisotopic (exact) mass is 187 g/mol. The lowest BCUT2D eigenvalue weighted by molar-refractivity contribution is -0.119. The fourth-order valence-electron chi connectivity index (χ4n) is 1.17. The predicted octanol–water partition coefficient (Wildman–Crippen LogP) is -0.221. The first-order valence-electron chi connectivity index (χ1n) is 4.62. The first-order valence-corrected chi connectivity index (χ1v) is 4.62. The molecule has 0 aromatic carbocycles. The van der Waals surface area contributed by atoms with Crippen molar-refractivity contribution in [3.8, 4) is 0 Å². The number of hydrogen-bond donors (Lipinski definition) is 2. The SMILES string of the molecule is CCN(CC(N)=O)CC(C)(C)CN. The molecule has 0 aromatic heterocycles. The Labute approximate surface area is 80.3 Å². The second-order valence-electron chi connectivity index (χ2n) is 4.14. The van der Waals surface area contributed by atoms with Gasteiger partial charge >= 0.3 is 0 Å². The molecule has 78 valence electrons. The maximum Gasteiger partial charge on any atom is 0.231 e. The zero-order valence-corrected chi connectivity index (χ0v) is 8.84. The summed E-state index contributed by atoms with van der Waals surface area (Å²) in [6.45, 7) is 8.74. The molecule has 0 saturated heterocycles. The Bertz CT molecular complexity index is 168. The Morgan fingerprint density at radius 3 is 2.31 bits per heavy atom. The van der Waals surface area contributed by atoms with E-state index in [0.717, 1.165) is 13.1 Å². The van der Waals surface area contributed by atoms with Gasteiger partial charge < -0.3 is 11.5 Å². The van der Waals surface area contributed by atoms with Crippen LogP contribution in [-0.2, 0) is 4.79 Å². The number of nitrogens with two attached hydrogens (primary N) is 2. The molecule has 0 aliphatic heterocycles. The van der Waals surface area contributed by atoms with Gasteiger partial charge in [0.25, 0.3) is 0 Å². The zero-order valence-electron chi connectivity index (χ0n) is 8.84. The Kier molecular flexibility index (Phi) is 4.95. The average Bonchev–Trinajstić information content (AvgIpc) is 2.02. The summed E-state index contributed by atoms with van der Waals surface area (Å²) in [6, 6.07) is 0.